The van der Waals surface area contributed by atoms with Crippen molar-refractivity contribution in [2.45, 2.75) is 32.4 Å². The number of methoxy groups -OCH3 is 1. The van der Waals surface area contributed by atoms with Crippen molar-refractivity contribution in [1.29, 1.82) is 0 Å². The summed E-state index contributed by atoms with van der Waals surface area (Å²) in [4.78, 5) is 8.55. The van der Waals surface area contributed by atoms with Gasteiger partial charge in [-0.25, -0.2) is 0 Å². The van der Waals surface area contributed by atoms with Crippen LogP contribution in [-0.2, 0) is 9.47 Å². The van der Waals surface area contributed by atoms with Crippen molar-refractivity contribution in [2.24, 2.45) is 4.99 Å². The van der Waals surface area contributed by atoms with Crippen LogP contribution in [0.15, 0.2) is 22.5 Å². The molecule has 1 saturated heterocycles. The maximum absolute atomic E-state index is 5.51. The molecule has 1 aromatic heterocycles. The van der Waals surface area contributed by atoms with Gasteiger partial charge in [-0.15, -0.1) is 11.3 Å². The number of thiophene rings is 1. The van der Waals surface area contributed by atoms with Crippen LogP contribution < -0.4 is 10.6 Å². The first-order valence-corrected chi connectivity index (χ1v) is 9.86. The van der Waals surface area contributed by atoms with E-state index in [2.05, 4.69) is 45.0 Å². The molecule has 0 amide bonds. The highest BCUT2D eigenvalue weighted by atomic mass is 32.1. The molecule has 0 saturated carbocycles. The van der Waals surface area contributed by atoms with Crippen LogP contribution in [0.2, 0.25) is 0 Å². The highest BCUT2D eigenvalue weighted by Crippen LogP contribution is 2.25. The van der Waals surface area contributed by atoms with Crippen LogP contribution in [0.3, 0.4) is 0 Å². The van der Waals surface area contributed by atoms with Crippen LogP contribution in [0.4, 0.5) is 0 Å². The Morgan fingerprint density at radius 1 is 1.40 bits per heavy atom. The molecule has 1 unspecified atom stereocenters. The minimum atomic E-state index is -0.264. The number of guanidine groups is 1. The van der Waals surface area contributed by atoms with Gasteiger partial charge in [-0.1, -0.05) is 6.07 Å². The molecule has 0 radical (unpaired) electrons. The van der Waals surface area contributed by atoms with E-state index < -0.39 is 0 Å². The monoisotopic (exact) mass is 368 g/mol. The zero-order valence-electron chi connectivity index (χ0n) is 15.9. The molecule has 1 aliphatic rings. The Bertz CT molecular complexity index is 513. The number of hydrogen-bond acceptors (Lipinski definition) is 5. The van der Waals surface area contributed by atoms with Crippen molar-refractivity contribution in [1.82, 2.24) is 15.5 Å². The average Bonchev–Trinajstić information content (AvgIpc) is 3.15. The minimum absolute atomic E-state index is 0.264. The standard InChI is InChI=1S/C18H32N4O2S/c1-5-19-17(21-14-18(2,3)23-4)20-13-15(16-7-6-12-25-16)22-8-10-24-11-9-22/h6-7,12,15H,5,8-11,13-14H2,1-4H3,(H2,19,20,21). The van der Waals surface area contributed by atoms with Crippen molar-refractivity contribution < 1.29 is 9.47 Å². The largest absolute Gasteiger partial charge is 0.379 e. The highest BCUT2D eigenvalue weighted by molar-refractivity contribution is 7.10. The first kappa shape index (κ1) is 20.2. The number of ether oxygens (including phenoxy) is 2. The van der Waals surface area contributed by atoms with Crippen molar-refractivity contribution in [3.63, 3.8) is 0 Å². The predicted octanol–water partition coefficient (Wildman–Crippen LogP) is 2.10. The summed E-state index contributed by atoms with van der Waals surface area (Å²) in [6, 6.07) is 4.67. The van der Waals surface area contributed by atoms with Gasteiger partial charge in [0.2, 0.25) is 0 Å². The molecule has 0 bridgehead atoms. The Hall–Kier alpha value is -1.15. The fraction of sp³-hybridized carbons (Fsp3) is 0.722. The summed E-state index contributed by atoms with van der Waals surface area (Å²) in [5.41, 5.74) is -0.264. The molecule has 1 fully saturated rings. The Morgan fingerprint density at radius 2 is 2.16 bits per heavy atom. The Kier molecular flexibility index (Phi) is 8.15. The molecular weight excluding hydrogens is 336 g/mol. The van der Waals surface area contributed by atoms with Gasteiger partial charge in [0.15, 0.2) is 5.96 Å². The molecule has 1 aliphatic heterocycles. The van der Waals surface area contributed by atoms with E-state index in [1.54, 1.807) is 7.11 Å². The summed E-state index contributed by atoms with van der Waals surface area (Å²) in [7, 11) is 1.72. The third-order valence-corrected chi connectivity index (χ3v) is 5.31. The van der Waals surface area contributed by atoms with Crippen molar-refractivity contribution in [3.05, 3.63) is 22.4 Å². The quantitative estimate of drug-likeness (QED) is 0.544. The van der Waals surface area contributed by atoms with E-state index >= 15 is 0 Å². The lowest BCUT2D eigenvalue weighted by Gasteiger charge is -2.34. The lowest BCUT2D eigenvalue weighted by molar-refractivity contribution is 0.0176. The van der Waals surface area contributed by atoms with Gasteiger partial charge in [-0.2, -0.15) is 0 Å². The van der Waals surface area contributed by atoms with Crippen LogP contribution in [0.5, 0.6) is 0 Å². The van der Waals surface area contributed by atoms with Gasteiger partial charge in [0.1, 0.15) is 0 Å². The Labute approximate surface area is 155 Å². The van der Waals surface area contributed by atoms with Gasteiger partial charge >= 0.3 is 0 Å². The van der Waals surface area contributed by atoms with Crippen molar-refractivity contribution in [2.75, 3.05) is 53.0 Å². The maximum atomic E-state index is 5.51. The van der Waals surface area contributed by atoms with E-state index in [0.717, 1.165) is 45.4 Å². The van der Waals surface area contributed by atoms with Gasteiger partial charge in [0.05, 0.1) is 31.4 Å². The smallest absolute Gasteiger partial charge is 0.191 e. The molecule has 6 nitrogen and oxygen atoms in total. The number of rotatable bonds is 8. The first-order chi connectivity index (χ1) is 12.1. The fourth-order valence-electron chi connectivity index (χ4n) is 2.65. The summed E-state index contributed by atoms with van der Waals surface area (Å²) >= 11 is 1.81. The van der Waals surface area contributed by atoms with Gasteiger partial charge < -0.3 is 20.1 Å². The van der Waals surface area contributed by atoms with E-state index in [-0.39, 0.29) is 5.60 Å². The minimum Gasteiger partial charge on any atom is -0.379 e. The number of aliphatic imine (C=N–C) groups is 1. The second kappa shape index (κ2) is 10.1. The zero-order chi connectivity index (χ0) is 18.1. The van der Waals surface area contributed by atoms with Crippen LogP contribution in [0, 0.1) is 0 Å². The molecule has 142 valence electrons. The van der Waals surface area contributed by atoms with Gasteiger partial charge in [-0.3, -0.25) is 9.89 Å². The zero-order valence-corrected chi connectivity index (χ0v) is 16.7. The Morgan fingerprint density at radius 3 is 2.76 bits per heavy atom. The lowest BCUT2D eigenvalue weighted by atomic mass is 10.1. The number of hydrogen-bond donors (Lipinski definition) is 2. The SMILES string of the molecule is CCNC(=NCC(C)(C)OC)NCC(c1cccs1)N1CCOCC1. The lowest BCUT2D eigenvalue weighted by Crippen LogP contribution is -2.46. The summed E-state index contributed by atoms with van der Waals surface area (Å²) in [5.74, 6) is 0.836. The molecule has 0 aromatic carbocycles. The molecule has 2 N–H and O–H groups in total. The van der Waals surface area contributed by atoms with E-state index in [1.807, 2.05) is 25.2 Å². The second-order valence-electron chi connectivity index (χ2n) is 6.72. The summed E-state index contributed by atoms with van der Waals surface area (Å²) in [6.45, 7) is 12.0. The second-order valence-corrected chi connectivity index (χ2v) is 7.70. The topological polar surface area (TPSA) is 58.1 Å². The Balaban J connectivity index is 2.02. The summed E-state index contributed by atoms with van der Waals surface area (Å²) in [5, 5.41) is 8.98. The highest BCUT2D eigenvalue weighted by Gasteiger charge is 2.24. The molecule has 1 aromatic rings. The molecule has 2 rings (SSSR count). The molecule has 2 heterocycles. The average molecular weight is 369 g/mol. The van der Waals surface area contributed by atoms with E-state index in [0.29, 0.717) is 12.6 Å². The van der Waals surface area contributed by atoms with E-state index in [9.17, 15) is 0 Å². The third kappa shape index (κ3) is 6.58. The molecule has 0 aliphatic carbocycles. The van der Waals surface area contributed by atoms with E-state index in [4.69, 9.17) is 9.47 Å². The van der Waals surface area contributed by atoms with E-state index in [1.165, 1.54) is 4.88 Å². The van der Waals surface area contributed by atoms with Gasteiger partial charge in [0, 0.05) is 38.2 Å². The number of nitrogens with zero attached hydrogens (tertiary/aromatic N) is 2. The molecule has 0 spiro atoms. The summed E-state index contributed by atoms with van der Waals surface area (Å²) in [6.07, 6.45) is 0. The van der Waals surface area contributed by atoms with Crippen molar-refractivity contribution in [3.8, 4) is 0 Å². The predicted molar refractivity (Wildman–Crippen MR) is 105 cm³/mol. The number of morpholine rings is 1. The van der Waals surface area contributed by atoms with Crippen molar-refractivity contribution >= 4 is 17.3 Å². The van der Waals surface area contributed by atoms with Gasteiger partial charge in [0.25, 0.3) is 0 Å². The third-order valence-electron chi connectivity index (χ3n) is 4.34. The number of nitrogens with one attached hydrogen (secondary N) is 2. The van der Waals surface area contributed by atoms with Crippen LogP contribution in [-0.4, -0.2) is 69.5 Å². The normalized spacial score (nSPS) is 18.2. The van der Waals surface area contributed by atoms with Gasteiger partial charge in [-0.05, 0) is 32.2 Å². The summed E-state index contributed by atoms with van der Waals surface area (Å²) < 4.78 is 11.0. The fourth-order valence-corrected chi connectivity index (χ4v) is 3.51. The maximum Gasteiger partial charge on any atom is 0.191 e. The molecular formula is C18H32N4O2S. The van der Waals surface area contributed by atoms with Crippen LogP contribution >= 0.6 is 11.3 Å². The molecule has 25 heavy (non-hydrogen) atoms. The van der Waals surface area contributed by atoms with Crippen LogP contribution in [0.25, 0.3) is 0 Å². The first-order valence-electron chi connectivity index (χ1n) is 8.98. The molecule has 1 atom stereocenters. The molecule has 7 heteroatoms. The van der Waals surface area contributed by atoms with Crippen LogP contribution in [0.1, 0.15) is 31.7 Å².